The Kier molecular flexibility index (Phi) is 4.70. The summed E-state index contributed by atoms with van der Waals surface area (Å²) in [5.41, 5.74) is 0.932. The molecule has 2 N–H and O–H groups in total. The molecular weight excluding hydrogens is 370 g/mol. The molecule has 136 valence electrons. The number of amides is 2. The van der Waals surface area contributed by atoms with Gasteiger partial charge in [0.1, 0.15) is 5.57 Å². The van der Waals surface area contributed by atoms with Gasteiger partial charge in [0, 0.05) is 6.07 Å². The largest absolute Gasteiger partial charge is 0.502 e. The van der Waals surface area contributed by atoms with E-state index in [1.807, 2.05) is 6.92 Å². The zero-order valence-electron chi connectivity index (χ0n) is 14.0. The van der Waals surface area contributed by atoms with E-state index >= 15 is 0 Å². The SMILES string of the molecule is Cc1ccc(N2C(=O)/C(=C/c3ccc(O)c([N+](=O)[O-])c3)C(=O)NC2=S)cc1. The van der Waals surface area contributed by atoms with Crippen LogP contribution in [0.1, 0.15) is 11.1 Å². The predicted molar refractivity (Wildman–Crippen MR) is 102 cm³/mol. The Balaban J connectivity index is 2.03. The second kappa shape index (κ2) is 6.96. The molecule has 1 aliphatic rings. The number of phenols is 1. The van der Waals surface area contributed by atoms with Gasteiger partial charge < -0.3 is 5.11 Å². The van der Waals surface area contributed by atoms with Crippen molar-refractivity contribution in [3.05, 3.63) is 69.3 Å². The maximum absolute atomic E-state index is 12.8. The number of nitro groups is 1. The zero-order chi connectivity index (χ0) is 19.7. The molecule has 0 unspecified atom stereocenters. The van der Waals surface area contributed by atoms with Gasteiger partial charge in [-0.3, -0.25) is 29.9 Å². The number of thiocarbonyl (C=S) groups is 1. The molecule has 2 aromatic rings. The molecule has 1 aliphatic heterocycles. The minimum atomic E-state index is -0.756. The molecule has 0 atom stereocenters. The van der Waals surface area contributed by atoms with Crippen LogP contribution >= 0.6 is 12.2 Å². The molecule has 0 radical (unpaired) electrons. The van der Waals surface area contributed by atoms with Crippen molar-refractivity contribution in [1.82, 2.24) is 5.32 Å². The van der Waals surface area contributed by atoms with Gasteiger partial charge in [-0.1, -0.05) is 23.8 Å². The number of carbonyl (C=O) groups is 2. The Morgan fingerprint density at radius 2 is 1.85 bits per heavy atom. The average molecular weight is 383 g/mol. The fourth-order valence-corrected chi connectivity index (χ4v) is 2.81. The van der Waals surface area contributed by atoms with Crippen molar-refractivity contribution in [3.8, 4) is 5.75 Å². The van der Waals surface area contributed by atoms with Crippen LogP contribution in [-0.2, 0) is 9.59 Å². The minimum Gasteiger partial charge on any atom is -0.502 e. The maximum Gasteiger partial charge on any atom is 0.311 e. The zero-order valence-corrected chi connectivity index (χ0v) is 14.8. The summed E-state index contributed by atoms with van der Waals surface area (Å²) in [4.78, 5) is 36.5. The lowest BCUT2D eigenvalue weighted by atomic mass is 10.1. The third-order valence-electron chi connectivity index (χ3n) is 3.90. The van der Waals surface area contributed by atoms with Gasteiger partial charge in [0.2, 0.25) is 0 Å². The van der Waals surface area contributed by atoms with Crippen molar-refractivity contribution in [2.75, 3.05) is 4.90 Å². The quantitative estimate of drug-likeness (QED) is 0.277. The van der Waals surface area contributed by atoms with Crippen molar-refractivity contribution >= 4 is 46.6 Å². The van der Waals surface area contributed by atoms with Crippen LogP contribution in [0.4, 0.5) is 11.4 Å². The fraction of sp³-hybridized carbons (Fsp3) is 0.0556. The predicted octanol–water partition coefficient (Wildman–Crippen LogP) is 2.44. The number of aromatic hydroxyl groups is 1. The molecule has 9 heteroatoms. The first kappa shape index (κ1) is 18.2. The van der Waals surface area contributed by atoms with Crippen LogP contribution in [0, 0.1) is 17.0 Å². The molecule has 1 heterocycles. The molecule has 0 bridgehead atoms. The van der Waals surface area contributed by atoms with E-state index in [-0.39, 0.29) is 16.2 Å². The number of hydrogen-bond acceptors (Lipinski definition) is 6. The second-order valence-electron chi connectivity index (χ2n) is 5.80. The number of anilines is 1. The van der Waals surface area contributed by atoms with E-state index in [0.29, 0.717) is 5.69 Å². The number of nitrogens with zero attached hydrogens (tertiary/aromatic N) is 2. The van der Waals surface area contributed by atoms with E-state index in [2.05, 4.69) is 5.32 Å². The normalized spacial score (nSPS) is 15.8. The third kappa shape index (κ3) is 3.53. The Bertz CT molecular complexity index is 1010. The number of carbonyl (C=O) groups excluding carboxylic acids is 2. The lowest BCUT2D eigenvalue weighted by Gasteiger charge is -2.29. The van der Waals surface area contributed by atoms with Crippen LogP contribution < -0.4 is 10.2 Å². The molecule has 3 rings (SSSR count). The van der Waals surface area contributed by atoms with Crippen molar-refractivity contribution in [1.29, 1.82) is 0 Å². The van der Waals surface area contributed by atoms with Gasteiger partial charge in [0.15, 0.2) is 10.9 Å². The van der Waals surface area contributed by atoms with E-state index in [0.717, 1.165) is 17.7 Å². The minimum absolute atomic E-state index is 0.0531. The van der Waals surface area contributed by atoms with Crippen LogP contribution in [0.5, 0.6) is 5.75 Å². The Labute approximate surface area is 158 Å². The summed E-state index contributed by atoms with van der Waals surface area (Å²) < 4.78 is 0. The highest BCUT2D eigenvalue weighted by atomic mass is 32.1. The van der Waals surface area contributed by atoms with Gasteiger partial charge in [-0.05, 0) is 49.0 Å². The van der Waals surface area contributed by atoms with E-state index < -0.39 is 28.2 Å². The summed E-state index contributed by atoms with van der Waals surface area (Å²) in [5, 5.41) is 22.9. The second-order valence-corrected chi connectivity index (χ2v) is 6.19. The fourth-order valence-electron chi connectivity index (χ4n) is 2.53. The van der Waals surface area contributed by atoms with E-state index in [1.54, 1.807) is 24.3 Å². The van der Waals surface area contributed by atoms with E-state index in [4.69, 9.17) is 12.2 Å². The van der Waals surface area contributed by atoms with Crippen LogP contribution in [0.25, 0.3) is 6.08 Å². The highest BCUT2D eigenvalue weighted by molar-refractivity contribution is 7.80. The number of rotatable bonds is 3. The molecular formula is C18H13N3O5S. The van der Waals surface area contributed by atoms with Gasteiger partial charge in [0.25, 0.3) is 11.8 Å². The number of aryl methyl sites for hydroxylation is 1. The Hall–Kier alpha value is -3.59. The van der Waals surface area contributed by atoms with Crippen molar-refractivity contribution in [2.45, 2.75) is 6.92 Å². The van der Waals surface area contributed by atoms with Gasteiger partial charge in [0.05, 0.1) is 10.6 Å². The van der Waals surface area contributed by atoms with E-state index in [1.165, 1.54) is 17.0 Å². The number of nitrogens with one attached hydrogen (secondary N) is 1. The highest BCUT2D eigenvalue weighted by Gasteiger charge is 2.34. The number of hydrogen-bond donors (Lipinski definition) is 2. The smallest absolute Gasteiger partial charge is 0.311 e. The Morgan fingerprint density at radius 3 is 2.48 bits per heavy atom. The molecule has 1 saturated heterocycles. The van der Waals surface area contributed by atoms with Crippen LogP contribution in [0.2, 0.25) is 0 Å². The number of nitro benzene ring substituents is 1. The average Bonchev–Trinajstić information content (AvgIpc) is 2.61. The lowest BCUT2D eigenvalue weighted by molar-refractivity contribution is -0.385. The number of phenolic OH excluding ortho intramolecular Hbond substituents is 1. The first-order valence-electron chi connectivity index (χ1n) is 7.73. The molecule has 2 aromatic carbocycles. The van der Waals surface area contributed by atoms with Gasteiger partial charge in [-0.15, -0.1) is 0 Å². The van der Waals surface area contributed by atoms with Gasteiger partial charge >= 0.3 is 5.69 Å². The molecule has 0 saturated carbocycles. The van der Waals surface area contributed by atoms with E-state index in [9.17, 15) is 24.8 Å². The first-order valence-corrected chi connectivity index (χ1v) is 8.14. The summed E-state index contributed by atoms with van der Waals surface area (Å²) in [5.74, 6) is -1.86. The van der Waals surface area contributed by atoms with Crippen molar-refractivity contribution in [2.24, 2.45) is 0 Å². The summed E-state index contributed by atoms with van der Waals surface area (Å²) in [7, 11) is 0. The summed E-state index contributed by atoms with van der Waals surface area (Å²) in [6.07, 6.45) is 1.22. The topological polar surface area (TPSA) is 113 Å². The summed E-state index contributed by atoms with van der Waals surface area (Å²) in [6, 6.07) is 10.5. The van der Waals surface area contributed by atoms with Crippen LogP contribution in [-0.4, -0.2) is 27.0 Å². The lowest BCUT2D eigenvalue weighted by Crippen LogP contribution is -2.54. The molecule has 0 aromatic heterocycles. The molecule has 8 nitrogen and oxygen atoms in total. The third-order valence-corrected chi connectivity index (χ3v) is 4.19. The molecule has 0 aliphatic carbocycles. The first-order chi connectivity index (χ1) is 12.8. The maximum atomic E-state index is 12.8. The van der Waals surface area contributed by atoms with Crippen LogP contribution in [0.3, 0.4) is 0 Å². The van der Waals surface area contributed by atoms with Crippen molar-refractivity contribution in [3.63, 3.8) is 0 Å². The van der Waals surface area contributed by atoms with Gasteiger partial charge in [-0.2, -0.15) is 0 Å². The molecule has 1 fully saturated rings. The standard InChI is InChI=1S/C18H13N3O5S/c1-10-2-5-12(6-3-10)20-17(24)13(16(23)19-18(20)27)8-11-4-7-15(22)14(9-11)21(25)26/h2-9,22H,1H3,(H,19,23,27)/b13-8+. The van der Waals surface area contributed by atoms with Crippen molar-refractivity contribution < 1.29 is 19.6 Å². The molecule has 2 amide bonds. The Morgan fingerprint density at radius 1 is 1.19 bits per heavy atom. The molecule has 27 heavy (non-hydrogen) atoms. The van der Waals surface area contributed by atoms with Crippen LogP contribution in [0.15, 0.2) is 48.0 Å². The number of benzene rings is 2. The highest BCUT2D eigenvalue weighted by Crippen LogP contribution is 2.28. The monoisotopic (exact) mass is 383 g/mol. The summed E-state index contributed by atoms with van der Waals surface area (Å²) >= 11 is 5.11. The summed E-state index contributed by atoms with van der Waals surface area (Å²) in [6.45, 7) is 1.89. The van der Waals surface area contributed by atoms with Gasteiger partial charge in [-0.25, -0.2) is 0 Å². The molecule has 0 spiro atoms.